The van der Waals surface area contributed by atoms with E-state index in [1.165, 1.54) is 4.90 Å². The molecule has 24 heavy (non-hydrogen) atoms. The van der Waals surface area contributed by atoms with E-state index in [-0.39, 0.29) is 24.8 Å². The second-order valence-corrected chi connectivity index (χ2v) is 5.12. The zero-order valence-corrected chi connectivity index (χ0v) is 13.9. The number of hydrogen-bond acceptors (Lipinski definition) is 6. The van der Waals surface area contributed by atoms with Crippen molar-refractivity contribution in [2.45, 2.75) is 13.1 Å². The lowest BCUT2D eigenvalue weighted by molar-refractivity contribution is 0.0700. The summed E-state index contributed by atoms with van der Waals surface area (Å²) in [7, 11) is 3.18. The molecule has 0 saturated carbocycles. The van der Waals surface area contributed by atoms with Crippen LogP contribution in [0.15, 0.2) is 30.5 Å². The van der Waals surface area contributed by atoms with Crippen LogP contribution >= 0.6 is 0 Å². The van der Waals surface area contributed by atoms with E-state index in [0.29, 0.717) is 25.4 Å². The second kappa shape index (κ2) is 8.99. The molecular formula is C16H22N4O4. The molecule has 0 aliphatic rings. The van der Waals surface area contributed by atoms with Crippen LogP contribution in [0.4, 0.5) is 0 Å². The zero-order chi connectivity index (χ0) is 17.4. The van der Waals surface area contributed by atoms with Crippen molar-refractivity contribution in [1.29, 1.82) is 0 Å². The second-order valence-electron chi connectivity index (χ2n) is 5.12. The Balaban J connectivity index is 2.14. The molecule has 0 atom stereocenters. The van der Waals surface area contributed by atoms with Gasteiger partial charge in [-0.3, -0.25) is 4.79 Å². The Morgan fingerprint density at radius 1 is 1.33 bits per heavy atom. The fourth-order valence-electron chi connectivity index (χ4n) is 2.26. The first kappa shape index (κ1) is 17.9. The maximum absolute atomic E-state index is 12.7. The summed E-state index contributed by atoms with van der Waals surface area (Å²) >= 11 is 0. The van der Waals surface area contributed by atoms with Gasteiger partial charge in [-0.1, -0.05) is 23.4 Å². The van der Waals surface area contributed by atoms with Gasteiger partial charge in [0.2, 0.25) is 0 Å². The highest BCUT2D eigenvalue weighted by Gasteiger charge is 2.20. The first-order valence-electron chi connectivity index (χ1n) is 7.60. The van der Waals surface area contributed by atoms with Gasteiger partial charge in [0.15, 0.2) is 5.69 Å². The highest BCUT2D eigenvalue weighted by atomic mass is 16.5. The number of aliphatic hydroxyl groups is 1. The predicted molar refractivity (Wildman–Crippen MR) is 86.7 cm³/mol. The van der Waals surface area contributed by atoms with Crippen molar-refractivity contribution in [2.75, 3.05) is 34.0 Å². The van der Waals surface area contributed by atoms with Crippen molar-refractivity contribution in [1.82, 2.24) is 19.9 Å². The summed E-state index contributed by atoms with van der Waals surface area (Å²) in [6.07, 6.45) is 1.58. The fraction of sp³-hybridized carbons (Fsp3) is 0.438. The molecule has 0 fully saturated rings. The molecule has 1 aromatic heterocycles. The van der Waals surface area contributed by atoms with Gasteiger partial charge in [-0.25, -0.2) is 4.68 Å². The van der Waals surface area contributed by atoms with Crippen LogP contribution in [0.5, 0.6) is 5.75 Å². The number of nitrogens with zero attached hydrogens (tertiary/aromatic N) is 4. The van der Waals surface area contributed by atoms with E-state index in [0.717, 1.165) is 5.56 Å². The average molecular weight is 334 g/mol. The summed E-state index contributed by atoms with van der Waals surface area (Å²) in [6.45, 7) is 1.37. The molecule has 1 aromatic carbocycles. The smallest absolute Gasteiger partial charge is 0.276 e. The van der Waals surface area contributed by atoms with Crippen molar-refractivity contribution >= 4 is 5.91 Å². The summed E-state index contributed by atoms with van der Waals surface area (Å²) < 4.78 is 11.8. The van der Waals surface area contributed by atoms with E-state index >= 15 is 0 Å². The van der Waals surface area contributed by atoms with Gasteiger partial charge in [0.25, 0.3) is 5.91 Å². The van der Waals surface area contributed by atoms with E-state index in [1.807, 2.05) is 24.3 Å². The third-order valence-corrected chi connectivity index (χ3v) is 3.49. The lowest BCUT2D eigenvalue weighted by atomic mass is 10.2. The van der Waals surface area contributed by atoms with Gasteiger partial charge in [0.1, 0.15) is 5.75 Å². The largest absolute Gasteiger partial charge is 0.496 e. The van der Waals surface area contributed by atoms with Gasteiger partial charge in [-0.05, 0) is 6.07 Å². The number of methoxy groups -OCH3 is 2. The molecule has 1 amide bonds. The molecule has 0 aliphatic heterocycles. The molecule has 1 heterocycles. The third-order valence-electron chi connectivity index (χ3n) is 3.49. The Bertz CT molecular complexity index is 659. The zero-order valence-electron chi connectivity index (χ0n) is 13.9. The monoisotopic (exact) mass is 334 g/mol. The number of carbonyl (C=O) groups excluding carboxylic acids is 1. The first-order chi connectivity index (χ1) is 11.7. The number of amides is 1. The summed E-state index contributed by atoms with van der Waals surface area (Å²) in [5, 5.41) is 17.1. The van der Waals surface area contributed by atoms with Crippen LogP contribution in [-0.2, 0) is 17.8 Å². The molecule has 0 radical (unpaired) electrons. The molecule has 0 saturated heterocycles. The van der Waals surface area contributed by atoms with Gasteiger partial charge >= 0.3 is 0 Å². The maximum atomic E-state index is 12.7. The Morgan fingerprint density at radius 2 is 2.12 bits per heavy atom. The van der Waals surface area contributed by atoms with Gasteiger partial charge in [0.05, 0.1) is 33.1 Å². The normalized spacial score (nSPS) is 10.6. The molecule has 1 N–H and O–H groups in total. The molecule has 8 nitrogen and oxygen atoms in total. The Hall–Kier alpha value is -2.45. The Kier molecular flexibility index (Phi) is 6.71. The summed E-state index contributed by atoms with van der Waals surface area (Å²) in [5.74, 6) is 0.399. The van der Waals surface area contributed by atoms with Crippen LogP contribution in [0, 0.1) is 0 Å². The van der Waals surface area contributed by atoms with Crippen LogP contribution in [-0.4, -0.2) is 64.9 Å². The summed E-state index contributed by atoms with van der Waals surface area (Å²) in [4.78, 5) is 14.2. The van der Waals surface area contributed by atoms with E-state index in [9.17, 15) is 9.90 Å². The number of ether oxygens (including phenoxy) is 2. The maximum Gasteiger partial charge on any atom is 0.276 e. The van der Waals surface area contributed by atoms with Crippen LogP contribution in [0.1, 0.15) is 16.1 Å². The topological polar surface area (TPSA) is 89.7 Å². The molecule has 2 rings (SSSR count). The lowest BCUT2D eigenvalue weighted by Gasteiger charge is -2.21. The number of para-hydroxylation sites is 1. The molecule has 0 bridgehead atoms. The van der Waals surface area contributed by atoms with Crippen molar-refractivity contribution in [2.24, 2.45) is 0 Å². The number of hydrogen-bond donors (Lipinski definition) is 1. The van der Waals surface area contributed by atoms with Crippen LogP contribution in [0.3, 0.4) is 0 Å². The SMILES string of the molecule is COCCn1cc(C(=O)N(CCO)Cc2ccccc2OC)nn1. The van der Waals surface area contributed by atoms with E-state index in [4.69, 9.17) is 9.47 Å². The number of aliphatic hydroxyl groups excluding tert-OH is 1. The van der Waals surface area contributed by atoms with E-state index < -0.39 is 0 Å². The molecule has 130 valence electrons. The predicted octanol–water partition coefficient (Wildman–Crippen LogP) is 0.568. The quantitative estimate of drug-likeness (QED) is 0.721. The highest BCUT2D eigenvalue weighted by molar-refractivity contribution is 5.91. The average Bonchev–Trinajstić information content (AvgIpc) is 3.08. The summed E-state index contributed by atoms with van der Waals surface area (Å²) in [5.41, 5.74) is 1.09. The van der Waals surface area contributed by atoms with E-state index in [1.54, 1.807) is 25.1 Å². The standard InChI is InChI=1S/C16H22N4O4/c1-23-10-8-20-12-14(17-18-20)16(22)19(7-9-21)11-13-5-3-4-6-15(13)24-2/h3-6,12,21H,7-11H2,1-2H3. The summed E-state index contributed by atoms with van der Waals surface area (Å²) in [6, 6.07) is 7.45. The molecule has 8 heteroatoms. The third kappa shape index (κ3) is 4.53. The van der Waals surface area contributed by atoms with Crippen LogP contribution < -0.4 is 4.74 Å². The number of rotatable bonds is 9. The molecular weight excluding hydrogens is 312 g/mol. The van der Waals surface area contributed by atoms with Crippen molar-refractivity contribution in [3.63, 3.8) is 0 Å². The van der Waals surface area contributed by atoms with Crippen molar-refractivity contribution < 1.29 is 19.4 Å². The van der Waals surface area contributed by atoms with E-state index in [2.05, 4.69) is 10.3 Å². The molecule has 0 spiro atoms. The van der Waals surface area contributed by atoms with Crippen molar-refractivity contribution in [3.8, 4) is 5.75 Å². The minimum Gasteiger partial charge on any atom is -0.496 e. The number of carbonyl (C=O) groups is 1. The number of benzene rings is 1. The fourth-order valence-corrected chi connectivity index (χ4v) is 2.26. The lowest BCUT2D eigenvalue weighted by Crippen LogP contribution is -2.33. The van der Waals surface area contributed by atoms with Gasteiger partial charge in [-0.15, -0.1) is 5.10 Å². The Labute approximate surface area is 140 Å². The molecule has 0 unspecified atom stereocenters. The van der Waals surface area contributed by atoms with Crippen molar-refractivity contribution in [3.05, 3.63) is 41.7 Å². The minimum absolute atomic E-state index is 0.140. The Morgan fingerprint density at radius 3 is 2.83 bits per heavy atom. The molecule has 2 aromatic rings. The van der Waals surface area contributed by atoms with Gasteiger partial charge in [-0.2, -0.15) is 0 Å². The first-order valence-corrected chi connectivity index (χ1v) is 7.60. The van der Waals surface area contributed by atoms with Crippen LogP contribution in [0.25, 0.3) is 0 Å². The van der Waals surface area contributed by atoms with Crippen LogP contribution in [0.2, 0.25) is 0 Å². The van der Waals surface area contributed by atoms with Gasteiger partial charge < -0.3 is 19.5 Å². The highest BCUT2D eigenvalue weighted by Crippen LogP contribution is 2.20. The van der Waals surface area contributed by atoms with Gasteiger partial charge in [0, 0.05) is 25.8 Å². The number of aromatic nitrogens is 3. The molecule has 0 aliphatic carbocycles. The minimum atomic E-state index is -0.293.